The summed E-state index contributed by atoms with van der Waals surface area (Å²) in [6.07, 6.45) is 0. The fraction of sp³-hybridized carbons (Fsp3) is 0.333. The van der Waals surface area contributed by atoms with Crippen LogP contribution < -0.4 is 10.5 Å². The van der Waals surface area contributed by atoms with Crippen LogP contribution in [0.1, 0.15) is 5.56 Å². The van der Waals surface area contributed by atoms with Gasteiger partial charge in [-0.1, -0.05) is 0 Å². The van der Waals surface area contributed by atoms with E-state index in [4.69, 9.17) is 10.5 Å². The topological polar surface area (TPSA) is 69.4 Å². The zero-order chi connectivity index (χ0) is 10.8. The average Bonchev–Trinajstić information content (AvgIpc) is 2.17. The lowest BCUT2D eigenvalue weighted by atomic mass is 10.2. The van der Waals surface area contributed by atoms with Gasteiger partial charge in [-0.05, 0) is 30.7 Å². The molecule has 1 rings (SSSR count). The van der Waals surface area contributed by atoms with Crippen molar-refractivity contribution in [3.63, 3.8) is 0 Å². The maximum Gasteiger partial charge on any atom is 0.191 e. The molecule has 0 saturated heterocycles. The standard InChI is InChI=1S/C9H13NO3S/c1-7-5-8(13-2)3-4-9(7)14(11,12)6-10/h3-5H,6,10H2,1-2H3. The Hall–Kier alpha value is -1.07. The summed E-state index contributed by atoms with van der Waals surface area (Å²) in [4.78, 5) is 0.265. The molecule has 5 heteroatoms. The quantitative estimate of drug-likeness (QED) is 0.805. The number of sulfone groups is 1. The molecule has 0 aliphatic rings. The lowest BCUT2D eigenvalue weighted by Crippen LogP contribution is -2.15. The molecule has 0 aliphatic heterocycles. The molecule has 0 aromatic heterocycles. The first-order valence-corrected chi connectivity index (χ1v) is 5.74. The van der Waals surface area contributed by atoms with E-state index in [1.54, 1.807) is 19.1 Å². The van der Waals surface area contributed by atoms with Crippen LogP contribution in [0.5, 0.6) is 5.75 Å². The lowest BCUT2D eigenvalue weighted by Gasteiger charge is -2.07. The molecular weight excluding hydrogens is 202 g/mol. The Labute approximate surface area is 83.6 Å². The first-order valence-electron chi connectivity index (χ1n) is 4.08. The molecule has 0 saturated carbocycles. The number of rotatable bonds is 3. The third kappa shape index (κ3) is 2.05. The van der Waals surface area contributed by atoms with E-state index in [0.717, 1.165) is 0 Å². The highest BCUT2D eigenvalue weighted by molar-refractivity contribution is 7.91. The van der Waals surface area contributed by atoms with Crippen molar-refractivity contribution >= 4 is 9.84 Å². The molecule has 0 amide bonds. The Bertz CT molecular complexity index is 426. The smallest absolute Gasteiger partial charge is 0.191 e. The average molecular weight is 215 g/mol. The van der Waals surface area contributed by atoms with E-state index in [0.29, 0.717) is 11.3 Å². The predicted octanol–water partition coefficient (Wildman–Crippen LogP) is 0.694. The molecule has 1 aromatic carbocycles. The number of methoxy groups -OCH3 is 1. The molecule has 0 spiro atoms. The highest BCUT2D eigenvalue weighted by atomic mass is 32.2. The van der Waals surface area contributed by atoms with E-state index in [2.05, 4.69) is 0 Å². The zero-order valence-corrected chi connectivity index (χ0v) is 8.97. The van der Waals surface area contributed by atoms with Gasteiger partial charge in [-0.25, -0.2) is 8.42 Å². The highest BCUT2D eigenvalue weighted by Crippen LogP contribution is 2.21. The van der Waals surface area contributed by atoms with E-state index < -0.39 is 9.84 Å². The van der Waals surface area contributed by atoms with Gasteiger partial charge in [-0.3, -0.25) is 0 Å². The predicted molar refractivity (Wildman–Crippen MR) is 54.0 cm³/mol. The van der Waals surface area contributed by atoms with Gasteiger partial charge in [0.15, 0.2) is 9.84 Å². The molecule has 1 aromatic rings. The summed E-state index contributed by atoms with van der Waals surface area (Å²) in [5.41, 5.74) is 5.81. The van der Waals surface area contributed by atoms with Crippen LogP contribution >= 0.6 is 0 Å². The lowest BCUT2D eigenvalue weighted by molar-refractivity contribution is 0.414. The Morgan fingerprint density at radius 1 is 1.43 bits per heavy atom. The van der Waals surface area contributed by atoms with Crippen LogP contribution in [-0.4, -0.2) is 21.4 Å². The zero-order valence-electron chi connectivity index (χ0n) is 8.15. The third-order valence-electron chi connectivity index (χ3n) is 1.94. The second-order valence-electron chi connectivity index (χ2n) is 2.91. The van der Waals surface area contributed by atoms with E-state index in [-0.39, 0.29) is 10.8 Å². The van der Waals surface area contributed by atoms with Crippen molar-refractivity contribution in [1.82, 2.24) is 0 Å². The number of benzene rings is 1. The number of ether oxygens (including phenoxy) is 1. The number of aryl methyl sites for hydroxylation is 1. The minimum Gasteiger partial charge on any atom is -0.497 e. The molecule has 2 N–H and O–H groups in total. The van der Waals surface area contributed by atoms with E-state index in [9.17, 15) is 8.42 Å². The largest absolute Gasteiger partial charge is 0.497 e. The van der Waals surface area contributed by atoms with Crippen LogP contribution in [-0.2, 0) is 9.84 Å². The summed E-state index contributed by atoms with van der Waals surface area (Å²) in [6.45, 7) is 1.71. The fourth-order valence-corrected chi connectivity index (χ4v) is 2.19. The van der Waals surface area contributed by atoms with E-state index >= 15 is 0 Å². The Morgan fingerprint density at radius 2 is 2.07 bits per heavy atom. The van der Waals surface area contributed by atoms with Gasteiger partial charge in [0.05, 0.1) is 12.0 Å². The summed E-state index contributed by atoms with van der Waals surface area (Å²) in [5.74, 6) is 0.263. The summed E-state index contributed by atoms with van der Waals surface area (Å²) in [7, 11) is -1.80. The summed E-state index contributed by atoms with van der Waals surface area (Å²) >= 11 is 0. The molecule has 0 radical (unpaired) electrons. The van der Waals surface area contributed by atoms with Crippen molar-refractivity contribution in [3.8, 4) is 5.75 Å². The number of hydrogen-bond acceptors (Lipinski definition) is 4. The van der Waals surface area contributed by atoms with Crippen molar-refractivity contribution in [1.29, 1.82) is 0 Å². The van der Waals surface area contributed by atoms with Gasteiger partial charge in [0.25, 0.3) is 0 Å². The van der Waals surface area contributed by atoms with Crippen molar-refractivity contribution in [2.24, 2.45) is 5.73 Å². The Morgan fingerprint density at radius 3 is 2.50 bits per heavy atom. The van der Waals surface area contributed by atoms with E-state index in [1.807, 2.05) is 0 Å². The molecule has 0 fully saturated rings. The minimum atomic E-state index is -3.33. The Balaban J connectivity index is 3.26. The van der Waals surface area contributed by atoms with Crippen LogP contribution in [0, 0.1) is 6.92 Å². The normalized spacial score (nSPS) is 11.4. The van der Waals surface area contributed by atoms with Crippen LogP contribution in [0.25, 0.3) is 0 Å². The molecule has 14 heavy (non-hydrogen) atoms. The van der Waals surface area contributed by atoms with Crippen LogP contribution in [0.4, 0.5) is 0 Å². The molecule has 4 nitrogen and oxygen atoms in total. The van der Waals surface area contributed by atoms with Gasteiger partial charge in [-0.2, -0.15) is 0 Å². The maximum absolute atomic E-state index is 11.5. The van der Waals surface area contributed by atoms with Gasteiger partial charge in [0, 0.05) is 0 Å². The van der Waals surface area contributed by atoms with Crippen LogP contribution in [0.15, 0.2) is 23.1 Å². The minimum absolute atomic E-state index is 0.265. The van der Waals surface area contributed by atoms with Crippen molar-refractivity contribution in [2.45, 2.75) is 11.8 Å². The summed E-state index contributed by atoms with van der Waals surface area (Å²) < 4.78 is 27.9. The van der Waals surface area contributed by atoms with E-state index in [1.165, 1.54) is 13.2 Å². The van der Waals surface area contributed by atoms with Gasteiger partial charge >= 0.3 is 0 Å². The van der Waals surface area contributed by atoms with Crippen LogP contribution in [0.3, 0.4) is 0 Å². The molecule has 0 heterocycles. The van der Waals surface area contributed by atoms with Gasteiger partial charge in [0.1, 0.15) is 11.6 Å². The van der Waals surface area contributed by atoms with Crippen molar-refractivity contribution in [2.75, 3.05) is 13.0 Å². The van der Waals surface area contributed by atoms with Gasteiger partial charge in [-0.15, -0.1) is 0 Å². The first kappa shape index (κ1) is 11.0. The molecule has 78 valence electrons. The first-order chi connectivity index (χ1) is 6.51. The fourth-order valence-electron chi connectivity index (χ4n) is 1.19. The molecule has 0 atom stereocenters. The third-order valence-corrected chi connectivity index (χ3v) is 3.50. The monoisotopic (exact) mass is 215 g/mol. The molecule has 0 bridgehead atoms. The summed E-state index contributed by atoms with van der Waals surface area (Å²) in [6, 6.07) is 4.79. The molecule has 0 unspecified atom stereocenters. The Kier molecular flexibility index (Phi) is 3.13. The molecular formula is C9H13NO3S. The highest BCUT2D eigenvalue weighted by Gasteiger charge is 2.14. The van der Waals surface area contributed by atoms with Crippen molar-refractivity contribution in [3.05, 3.63) is 23.8 Å². The van der Waals surface area contributed by atoms with Crippen LogP contribution in [0.2, 0.25) is 0 Å². The molecule has 0 aliphatic carbocycles. The number of hydrogen-bond donors (Lipinski definition) is 1. The van der Waals surface area contributed by atoms with Gasteiger partial charge < -0.3 is 10.5 Å². The SMILES string of the molecule is COc1ccc(S(=O)(=O)CN)c(C)c1. The number of nitrogens with two attached hydrogens (primary N) is 1. The maximum atomic E-state index is 11.5. The second kappa shape index (κ2) is 3.98. The summed E-state index contributed by atoms with van der Waals surface area (Å²) in [5, 5.41) is 0. The van der Waals surface area contributed by atoms with Gasteiger partial charge in [0.2, 0.25) is 0 Å². The second-order valence-corrected chi connectivity index (χ2v) is 4.92. The van der Waals surface area contributed by atoms with Crippen molar-refractivity contribution < 1.29 is 13.2 Å².